The summed E-state index contributed by atoms with van der Waals surface area (Å²) in [5, 5.41) is 5.71. The lowest BCUT2D eigenvalue weighted by molar-refractivity contribution is 0.102. The SMILES string of the molecule is CC(C)Sc1ccc(C(=O)Nc2nc(-c3cc(Cl)sc3Cl)cs2)cc1. The highest BCUT2D eigenvalue weighted by Crippen LogP contribution is 2.39. The Morgan fingerprint density at radius 1 is 1.24 bits per heavy atom. The molecule has 0 saturated carbocycles. The Labute approximate surface area is 168 Å². The lowest BCUT2D eigenvalue weighted by atomic mass is 10.2. The zero-order chi connectivity index (χ0) is 18.0. The maximum absolute atomic E-state index is 12.4. The zero-order valence-electron chi connectivity index (χ0n) is 13.4. The molecule has 1 aromatic carbocycles. The second kappa shape index (κ2) is 8.10. The van der Waals surface area contributed by atoms with Gasteiger partial charge in [-0.1, -0.05) is 37.0 Å². The van der Waals surface area contributed by atoms with Crippen LogP contribution in [-0.2, 0) is 0 Å². The number of thioether (sulfide) groups is 1. The first-order valence-corrected chi connectivity index (χ1v) is 10.7. The van der Waals surface area contributed by atoms with Crippen LogP contribution in [0.5, 0.6) is 0 Å². The van der Waals surface area contributed by atoms with Crippen molar-refractivity contribution in [1.82, 2.24) is 4.98 Å². The van der Waals surface area contributed by atoms with Crippen LogP contribution in [0.25, 0.3) is 11.3 Å². The van der Waals surface area contributed by atoms with Crippen molar-refractivity contribution in [1.29, 1.82) is 0 Å². The van der Waals surface area contributed by atoms with Crippen molar-refractivity contribution in [3.05, 3.63) is 49.9 Å². The fourth-order valence-corrected chi connectivity index (χ4v) is 5.12. The molecule has 1 amide bonds. The molecule has 0 spiro atoms. The summed E-state index contributed by atoms with van der Waals surface area (Å²) in [6.07, 6.45) is 0. The van der Waals surface area contributed by atoms with Crippen LogP contribution in [0, 0.1) is 0 Å². The van der Waals surface area contributed by atoms with Crippen LogP contribution in [0.1, 0.15) is 24.2 Å². The summed E-state index contributed by atoms with van der Waals surface area (Å²) >= 11 is 16.5. The van der Waals surface area contributed by atoms with Gasteiger partial charge in [0.2, 0.25) is 0 Å². The van der Waals surface area contributed by atoms with Crippen molar-refractivity contribution in [3.8, 4) is 11.3 Å². The molecular formula is C17H14Cl2N2OS3. The van der Waals surface area contributed by atoms with Gasteiger partial charge in [-0.2, -0.15) is 0 Å². The van der Waals surface area contributed by atoms with Crippen LogP contribution in [0.2, 0.25) is 8.67 Å². The summed E-state index contributed by atoms with van der Waals surface area (Å²) in [4.78, 5) is 17.9. The second-order valence-electron chi connectivity index (χ2n) is 5.42. The van der Waals surface area contributed by atoms with Gasteiger partial charge in [0.25, 0.3) is 5.91 Å². The van der Waals surface area contributed by atoms with Gasteiger partial charge >= 0.3 is 0 Å². The predicted octanol–water partition coefficient (Wildman–Crippen LogP) is 6.93. The summed E-state index contributed by atoms with van der Waals surface area (Å²) in [5.74, 6) is -0.184. The molecule has 25 heavy (non-hydrogen) atoms. The van der Waals surface area contributed by atoms with E-state index in [0.29, 0.717) is 30.3 Å². The highest BCUT2D eigenvalue weighted by atomic mass is 35.5. The summed E-state index contributed by atoms with van der Waals surface area (Å²) in [7, 11) is 0. The van der Waals surface area contributed by atoms with Crippen molar-refractivity contribution in [3.63, 3.8) is 0 Å². The van der Waals surface area contributed by atoms with E-state index < -0.39 is 0 Å². The molecule has 0 atom stereocenters. The van der Waals surface area contributed by atoms with Gasteiger partial charge in [-0.05, 0) is 30.3 Å². The van der Waals surface area contributed by atoms with Crippen LogP contribution in [0.4, 0.5) is 5.13 Å². The number of benzene rings is 1. The molecule has 130 valence electrons. The van der Waals surface area contributed by atoms with E-state index >= 15 is 0 Å². The Morgan fingerprint density at radius 2 is 1.96 bits per heavy atom. The second-order valence-corrected chi connectivity index (χ2v) is 10.2. The zero-order valence-corrected chi connectivity index (χ0v) is 17.3. The van der Waals surface area contributed by atoms with Crippen LogP contribution in [0.15, 0.2) is 40.6 Å². The number of anilines is 1. The standard InChI is InChI=1S/C17H14Cl2N2OS3/c1-9(2)24-11-5-3-10(4-6-11)16(22)21-17-20-13(8-23-17)12-7-14(18)25-15(12)19/h3-9H,1-2H3,(H,20,21,22). The normalized spacial score (nSPS) is 11.1. The summed E-state index contributed by atoms with van der Waals surface area (Å²) < 4.78 is 1.20. The van der Waals surface area contributed by atoms with Crippen molar-refractivity contribution in [2.45, 2.75) is 24.0 Å². The smallest absolute Gasteiger partial charge is 0.257 e. The minimum atomic E-state index is -0.184. The third-order valence-electron chi connectivity index (χ3n) is 3.15. The predicted molar refractivity (Wildman–Crippen MR) is 111 cm³/mol. The van der Waals surface area contributed by atoms with E-state index in [2.05, 4.69) is 24.1 Å². The highest BCUT2D eigenvalue weighted by Gasteiger charge is 2.14. The molecule has 2 heterocycles. The van der Waals surface area contributed by atoms with Gasteiger partial charge in [0.05, 0.1) is 10.0 Å². The molecule has 8 heteroatoms. The Hall–Kier alpha value is -1.05. The molecule has 0 saturated heterocycles. The van der Waals surface area contributed by atoms with Gasteiger partial charge in [0, 0.05) is 26.7 Å². The average Bonchev–Trinajstić information content (AvgIpc) is 3.13. The molecule has 3 aromatic rings. The van der Waals surface area contributed by atoms with Gasteiger partial charge in [0.1, 0.15) is 4.34 Å². The molecule has 0 radical (unpaired) electrons. The molecular weight excluding hydrogens is 415 g/mol. The first-order chi connectivity index (χ1) is 11.9. The van der Waals surface area contributed by atoms with Gasteiger partial charge in [-0.3, -0.25) is 10.1 Å². The van der Waals surface area contributed by atoms with Crippen LogP contribution in [0.3, 0.4) is 0 Å². The Kier molecular flexibility index (Phi) is 6.07. The molecule has 3 nitrogen and oxygen atoms in total. The lowest BCUT2D eigenvalue weighted by Crippen LogP contribution is -2.11. The van der Waals surface area contributed by atoms with E-state index in [1.54, 1.807) is 17.8 Å². The van der Waals surface area contributed by atoms with E-state index in [1.807, 2.05) is 29.6 Å². The number of halogens is 2. The number of thiophene rings is 1. The van der Waals surface area contributed by atoms with E-state index in [4.69, 9.17) is 23.2 Å². The number of thiazole rings is 1. The molecule has 1 N–H and O–H groups in total. The van der Waals surface area contributed by atoms with Gasteiger partial charge in [0.15, 0.2) is 5.13 Å². The number of nitrogens with one attached hydrogen (secondary N) is 1. The minimum absolute atomic E-state index is 0.184. The number of hydrogen-bond acceptors (Lipinski definition) is 5. The first-order valence-electron chi connectivity index (χ1n) is 7.41. The summed E-state index contributed by atoms with van der Waals surface area (Å²) in [5.41, 5.74) is 2.09. The number of carbonyl (C=O) groups excluding carboxylic acids is 1. The largest absolute Gasteiger partial charge is 0.298 e. The monoisotopic (exact) mass is 428 g/mol. The maximum Gasteiger partial charge on any atom is 0.257 e. The number of aromatic nitrogens is 1. The Balaban J connectivity index is 1.70. The maximum atomic E-state index is 12.4. The highest BCUT2D eigenvalue weighted by molar-refractivity contribution is 7.99. The molecule has 2 aromatic heterocycles. The molecule has 0 bridgehead atoms. The van der Waals surface area contributed by atoms with Crippen molar-refractivity contribution in [2.24, 2.45) is 0 Å². The van der Waals surface area contributed by atoms with E-state index in [0.717, 1.165) is 10.5 Å². The third kappa shape index (κ3) is 4.77. The number of carbonyl (C=O) groups is 1. The minimum Gasteiger partial charge on any atom is -0.298 e. The quantitative estimate of drug-likeness (QED) is 0.447. The topological polar surface area (TPSA) is 42.0 Å². The fourth-order valence-electron chi connectivity index (χ4n) is 2.10. The van der Waals surface area contributed by atoms with Crippen molar-refractivity contribution >= 4 is 68.7 Å². The number of nitrogens with zero attached hydrogens (tertiary/aromatic N) is 1. The van der Waals surface area contributed by atoms with Gasteiger partial charge in [-0.25, -0.2) is 4.98 Å². The fraction of sp³-hybridized carbons (Fsp3) is 0.176. The van der Waals surface area contributed by atoms with Gasteiger partial charge < -0.3 is 0 Å². The first kappa shape index (κ1) is 18.7. The summed E-state index contributed by atoms with van der Waals surface area (Å²) in [6, 6.07) is 9.34. The number of amides is 1. The van der Waals surface area contributed by atoms with Crippen molar-refractivity contribution < 1.29 is 4.79 Å². The van der Waals surface area contributed by atoms with Crippen LogP contribution < -0.4 is 5.32 Å². The van der Waals surface area contributed by atoms with E-state index in [1.165, 1.54) is 22.7 Å². The van der Waals surface area contributed by atoms with Crippen molar-refractivity contribution in [2.75, 3.05) is 5.32 Å². The van der Waals surface area contributed by atoms with E-state index in [-0.39, 0.29) is 5.91 Å². The molecule has 3 rings (SSSR count). The van der Waals surface area contributed by atoms with Crippen LogP contribution >= 0.6 is 57.6 Å². The molecule has 0 aliphatic carbocycles. The van der Waals surface area contributed by atoms with Gasteiger partial charge in [-0.15, -0.1) is 34.4 Å². The number of hydrogen-bond donors (Lipinski definition) is 1. The summed E-state index contributed by atoms with van der Waals surface area (Å²) in [6.45, 7) is 4.27. The number of rotatable bonds is 5. The van der Waals surface area contributed by atoms with E-state index in [9.17, 15) is 4.79 Å². The average molecular weight is 429 g/mol. The molecule has 0 unspecified atom stereocenters. The Morgan fingerprint density at radius 3 is 2.56 bits per heavy atom. The molecule has 0 aliphatic heterocycles. The van der Waals surface area contributed by atoms with Crippen LogP contribution in [-0.4, -0.2) is 16.1 Å². The lowest BCUT2D eigenvalue weighted by Gasteiger charge is -2.06. The molecule has 0 fully saturated rings. The Bertz CT molecular complexity index is 888. The molecule has 0 aliphatic rings. The third-order valence-corrected chi connectivity index (χ3v) is 6.41.